The summed E-state index contributed by atoms with van der Waals surface area (Å²) in [6.45, 7) is -0.215. The molecule has 2 aromatic rings. The second-order valence-corrected chi connectivity index (χ2v) is 7.17. The normalized spacial score (nSPS) is 11.5. The van der Waals surface area contributed by atoms with Gasteiger partial charge in [-0.1, -0.05) is 0 Å². The number of nitrogens with one attached hydrogen (secondary N) is 1. The zero-order valence-electron chi connectivity index (χ0n) is 9.43. The molecule has 0 radical (unpaired) electrons. The fourth-order valence-electron chi connectivity index (χ4n) is 1.36. The molecule has 0 spiro atoms. The number of sulfonamides is 1. The maximum absolute atomic E-state index is 13.3. The van der Waals surface area contributed by atoms with Gasteiger partial charge in [0, 0.05) is 10.3 Å². The lowest BCUT2D eigenvalue weighted by atomic mass is 10.3. The first-order valence-corrected chi connectivity index (χ1v) is 8.24. The molecule has 4 nitrogen and oxygen atoms in total. The monoisotopic (exact) mass is 365 g/mol. The van der Waals surface area contributed by atoms with Crippen molar-refractivity contribution in [1.29, 1.82) is 0 Å². The van der Waals surface area contributed by atoms with E-state index in [1.54, 1.807) is 0 Å². The predicted molar refractivity (Wildman–Crippen MR) is 75.2 cm³/mol. The molecule has 1 heterocycles. The molecule has 0 saturated heterocycles. The lowest BCUT2D eigenvalue weighted by Gasteiger charge is -2.06. The molecule has 1 aromatic carbocycles. The molecular formula is C11H9BrFNO3S2. The van der Waals surface area contributed by atoms with E-state index in [1.807, 2.05) is 0 Å². The van der Waals surface area contributed by atoms with Crippen molar-refractivity contribution < 1.29 is 17.9 Å². The van der Waals surface area contributed by atoms with Gasteiger partial charge >= 0.3 is 0 Å². The molecule has 0 amide bonds. The van der Waals surface area contributed by atoms with Gasteiger partial charge in [-0.25, -0.2) is 12.8 Å². The van der Waals surface area contributed by atoms with Crippen LogP contribution in [-0.4, -0.2) is 13.5 Å². The van der Waals surface area contributed by atoms with Crippen molar-refractivity contribution in [2.75, 3.05) is 4.72 Å². The Labute approximate surface area is 122 Å². The Bertz CT molecular complexity index is 700. The largest absolute Gasteiger partial charge is 0.391 e. The standard InChI is InChI=1S/C11H9BrFNO3S2/c12-10-2-1-7(3-11(10)13)14-19(16,17)9-4-8(5-15)18-6-9/h1-4,6,14-15H,5H2. The van der Waals surface area contributed by atoms with Crippen LogP contribution in [0.15, 0.2) is 39.0 Å². The van der Waals surface area contributed by atoms with Gasteiger partial charge in [-0.3, -0.25) is 4.72 Å². The SMILES string of the molecule is O=S(=O)(Nc1ccc(Br)c(F)c1)c1csc(CO)c1. The van der Waals surface area contributed by atoms with Crippen molar-refractivity contribution in [3.05, 3.63) is 44.8 Å². The van der Waals surface area contributed by atoms with Crippen LogP contribution >= 0.6 is 27.3 Å². The van der Waals surface area contributed by atoms with Crippen LogP contribution in [0.3, 0.4) is 0 Å². The molecule has 0 aliphatic heterocycles. The van der Waals surface area contributed by atoms with Gasteiger partial charge in [0.2, 0.25) is 0 Å². The van der Waals surface area contributed by atoms with Gasteiger partial charge in [0.15, 0.2) is 0 Å². The highest BCUT2D eigenvalue weighted by Gasteiger charge is 2.16. The summed E-state index contributed by atoms with van der Waals surface area (Å²) >= 11 is 4.13. The van der Waals surface area contributed by atoms with Gasteiger partial charge in [-0.2, -0.15) is 0 Å². The number of benzene rings is 1. The van der Waals surface area contributed by atoms with E-state index in [-0.39, 0.29) is 21.7 Å². The smallest absolute Gasteiger partial charge is 0.262 e. The quantitative estimate of drug-likeness (QED) is 0.875. The van der Waals surface area contributed by atoms with Gasteiger partial charge in [-0.15, -0.1) is 11.3 Å². The maximum atomic E-state index is 13.3. The van der Waals surface area contributed by atoms with Crippen LogP contribution in [0.25, 0.3) is 0 Å². The first kappa shape index (κ1) is 14.4. The van der Waals surface area contributed by atoms with Crippen LogP contribution < -0.4 is 4.72 Å². The minimum Gasteiger partial charge on any atom is -0.391 e. The van der Waals surface area contributed by atoms with E-state index < -0.39 is 15.8 Å². The molecule has 0 unspecified atom stereocenters. The summed E-state index contributed by atoms with van der Waals surface area (Å²) in [6.07, 6.45) is 0. The van der Waals surface area contributed by atoms with Crippen molar-refractivity contribution >= 4 is 43.0 Å². The Hall–Kier alpha value is -0.960. The lowest BCUT2D eigenvalue weighted by Crippen LogP contribution is -2.12. The van der Waals surface area contributed by atoms with Gasteiger partial charge < -0.3 is 5.11 Å². The molecule has 2 N–H and O–H groups in total. The first-order valence-electron chi connectivity index (χ1n) is 5.08. The van der Waals surface area contributed by atoms with E-state index in [9.17, 15) is 12.8 Å². The maximum Gasteiger partial charge on any atom is 0.262 e. The van der Waals surface area contributed by atoms with Gasteiger partial charge in [0.05, 0.1) is 21.7 Å². The fourth-order valence-corrected chi connectivity index (χ4v) is 3.79. The van der Waals surface area contributed by atoms with Crippen LogP contribution in [0, 0.1) is 5.82 Å². The van der Waals surface area contributed by atoms with E-state index in [0.29, 0.717) is 4.88 Å². The molecule has 2 rings (SSSR count). The highest BCUT2D eigenvalue weighted by molar-refractivity contribution is 9.10. The number of rotatable bonds is 4. The third-order valence-corrected chi connectivity index (χ3v) is 5.34. The fraction of sp³-hybridized carbons (Fsp3) is 0.0909. The topological polar surface area (TPSA) is 66.4 Å². The van der Waals surface area contributed by atoms with Gasteiger partial charge in [0.25, 0.3) is 10.0 Å². The summed E-state index contributed by atoms with van der Waals surface area (Å²) in [5.41, 5.74) is 0.137. The van der Waals surface area contributed by atoms with Gasteiger partial charge in [-0.05, 0) is 40.2 Å². The molecule has 0 aliphatic carbocycles. The van der Waals surface area contributed by atoms with E-state index in [4.69, 9.17) is 5.11 Å². The van der Waals surface area contributed by atoms with Gasteiger partial charge in [0.1, 0.15) is 5.82 Å². The second kappa shape index (κ2) is 5.58. The summed E-state index contributed by atoms with van der Waals surface area (Å²) in [5, 5.41) is 10.3. The van der Waals surface area contributed by atoms with Crippen molar-refractivity contribution in [1.82, 2.24) is 0 Å². The highest BCUT2D eigenvalue weighted by Crippen LogP contribution is 2.24. The lowest BCUT2D eigenvalue weighted by molar-refractivity contribution is 0.285. The number of aliphatic hydroxyl groups is 1. The number of aliphatic hydroxyl groups excluding tert-OH is 1. The number of anilines is 1. The minimum atomic E-state index is -3.76. The van der Waals surface area contributed by atoms with E-state index >= 15 is 0 Å². The first-order chi connectivity index (χ1) is 8.92. The zero-order chi connectivity index (χ0) is 14.0. The second-order valence-electron chi connectivity index (χ2n) is 3.64. The number of halogens is 2. The summed E-state index contributed by atoms with van der Waals surface area (Å²) in [6, 6.07) is 5.33. The van der Waals surface area contributed by atoms with E-state index in [2.05, 4.69) is 20.7 Å². The Morgan fingerprint density at radius 2 is 2.11 bits per heavy atom. The van der Waals surface area contributed by atoms with Crippen LogP contribution in [-0.2, 0) is 16.6 Å². The van der Waals surface area contributed by atoms with Crippen molar-refractivity contribution in [2.24, 2.45) is 0 Å². The molecule has 19 heavy (non-hydrogen) atoms. The average molecular weight is 366 g/mol. The molecule has 0 saturated carbocycles. The zero-order valence-corrected chi connectivity index (χ0v) is 12.6. The van der Waals surface area contributed by atoms with Crippen LogP contribution in [0.5, 0.6) is 0 Å². The average Bonchev–Trinajstić information content (AvgIpc) is 2.83. The van der Waals surface area contributed by atoms with Crippen LogP contribution in [0.4, 0.5) is 10.1 Å². The third-order valence-electron chi connectivity index (χ3n) is 2.27. The molecule has 1 aromatic heterocycles. The molecule has 102 valence electrons. The molecule has 0 aliphatic rings. The molecule has 8 heteroatoms. The Kier molecular flexibility index (Phi) is 4.24. The third kappa shape index (κ3) is 3.33. The van der Waals surface area contributed by atoms with Crippen molar-refractivity contribution in [3.63, 3.8) is 0 Å². The van der Waals surface area contributed by atoms with Crippen LogP contribution in [0.2, 0.25) is 0 Å². The van der Waals surface area contributed by atoms with Crippen molar-refractivity contribution in [2.45, 2.75) is 11.5 Å². The van der Waals surface area contributed by atoms with Crippen molar-refractivity contribution in [3.8, 4) is 0 Å². The van der Waals surface area contributed by atoms with E-state index in [1.165, 1.54) is 23.6 Å². The number of hydrogen-bond donors (Lipinski definition) is 2. The molecular weight excluding hydrogens is 357 g/mol. The molecule has 0 fully saturated rings. The number of hydrogen-bond acceptors (Lipinski definition) is 4. The number of thiophene rings is 1. The van der Waals surface area contributed by atoms with Crippen LogP contribution in [0.1, 0.15) is 4.88 Å². The summed E-state index contributed by atoms with van der Waals surface area (Å²) in [5.74, 6) is -0.554. The molecule has 0 atom stereocenters. The predicted octanol–water partition coefficient (Wildman–Crippen LogP) is 2.94. The summed E-state index contributed by atoms with van der Waals surface area (Å²) < 4.78 is 39.9. The summed E-state index contributed by atoms with van der Waals surface area (Å²) in [4.78, 5) is 0.590. The minimum absolute atomic E-state index is 0.0462. The van der Waals surface area contributed by atoms with E-state index in [0.717, 1.165) is 17.4 Å². The summed E-state index contributed by atoms with van der Waals surface area (Å²) in [7, 11) is -3.76. The Morgan fingerprint density at radius 1 is 1.37 bits per heavy atom. The molecule has 0 bridgehead atoms. The Morgan fingerprint density at radius 3 is 2.68 bits per heavy atom. The Balaban J connectivity index is 2.28. The highest BCUT2D eigenvalue weighted by atomic mass is 79.9.